The van der Waals surface area contributed by atoms with Gasteiger partial charge >= 0.3 is 0 Å². The summed E-state index contributed by atoms with van der Waals surface area (Å²) in [5.74, 6) is 1.45. The number of hydrogen-bond acceptors (Lipinski definition) is 2. The number of hydrogen-bond donors (Lipinski definition) is 1. The second-order valence-electron chi connectivity index (χ2n) is 3.61. The maximum absolute atomic E-state index is 13.5. The quantitative estimate of drug-likeness (QED) is 0.713. The molecule has 0 spiro atoms. The highest BCUT2D eigenvalue weighted by Gasteiger charge is 2.21. The van der Waals surface area contributed by atoms with Crippen molar-refractivity contribution in [2.24, 2.45) is 0 Å². The van der Waals surface area contributed by atoms with E-state index in [1.807, 2.05) is 6.92 Å². The summed E-state index contributed by atoms with van der Waals surface area (Å²) in [5, 5.41) is 9.79. The van der Waals surface area contributed by atoms with Crippen molar-refractivity contribution < 1.29 is 9.50 Å². The number of aliphatic hydroxyl groups is 1. The number of benzene rings is 1. The molecule has 0 aliphatic carbocycles. The lowest BCUT2D eigenvalue weighted by Gasteiger charge is -2.14. The van der Waals surface area contributed by atoms with Gasteiger partial charge in [0.05, 0.1) is 6.10 Å². The Kier molecular flexibility index (Phi) is 2.79. The normalized spacial score (nSPS) is 21.5. The van der Waals surface area contributed by atoms with E-state index in [1.54, 1.807) is 17.8 Å². The molecule has 1 nitrogen and oxygen atoms in total. The first-order valence-electron chi connectivity index (χ1n) is 4.74. The van der Waals surface area contributed by atoms with E-state index < -0.39 is 6.10 Å². The number of thioether (sulfide) groups is 1. The number of halogens is 1. The standard InChI is InChI=1S/C11H13FOS/c1-7-2-3-9(12)11-8(7)6-14-5-4-10(11)13/h2-3,10,13H,4-6H2,1H3. The Labute approximate surface area is 87.3 Å². The largest absolute Gasteiger partial charge is 0.388 e. The molecule has 0 amide bonds. The van der Waals surface area contributed by atoms with Crippen molar-refractivity contribution in [3.05, 3.63) is 34.6 Å². The molecule has 1 aromatic carbocycles. The third kappa shape index (κ3) is 1.66. The summed E-state index contributed by atoms with van der Waals surface area (Å²) in [7, 11) is 0. The lowest BCUT2D eigenvalue weighted by atomic mass is 9.97. The molecule has 1 aromatic rings. The number of rotatable bonds is 0. The zero-order valence-electron chi connectivity index (χ0n) is 8.09. The van der Waals surface area contributed by atoms with Gasteiger partial charge in [0.15, 0.2) is 0 Å². The molecule has 0 saturated carbocycles. The fourth-order valence-corrected chi connectivity index (χ4v) is 2.93. The van der Waals surface area contributed by atoms with Gasteiger partial charge in [-0.15, -0.1) is 0 Å². The van der Waals surface area contributed by atoms with Crippen molar-refractivity contribution >= 4 is 11.8 Å². The average Bonchev–Trinajstić information content (AvgIpc) is 2.35. The predicted octanol–water partition coefficient (Wildman–Crippen LogP) is 2.80. The van der Waals surface area contributed by atoms with Gasteiger partial charge in [0, 0.05) is 11.3 Å². The molecule has 0 radical (unpaired) electrons. The number of aliphatic hydroxyl groups excluding tert-OH is 1. The van der Waals surface area contributed by atoms with Gasteiger partial charge in [-0.25, -0.2) is 4.39 Å². The predicted molar refractivity (Wildman–Crippen MR) is 56.9 cm³/mol. The molecule has 0 aromatic heterocycles. The van der Waals surface area contributed by atoms with Crippen LogP contribution in [0.1, 0.15) is 29.2 Å². The molecule has 1 aliphatic rings. The fraction of sp³-hybridized carbons (Fsp3) is 0.455. The van der Waals surface area contributed by atoms with E-state index in [0.29, 0.717) is 12.0 Å². The average molecular weight is 212 g/mol. The lowest BCUT2D eigenvalue weighted by Crippen LogP contribution is -2.04. The van der Waals surface area contributed by atoms with Crippen molar-refractivity contribution in [1.82, 2.24) is 0 Å². The Bertz CT molecular complexity index is 351. The van der Waals surface area contributed by atoms with Gasteiger partial charge in [-0.1, -0.05) is 6.07 Å². The van der Waals surface area contributed by atoms with Crippen LogP contribution in [0.5, 0.6) is 0 Å². The Morgan fingerprint density at radius 1 is 1.50 bits per heavy atom. The van der Waals surface area contributed by atoms with E-state index >= 15 is 0 Å². The summed E-state index contributed by atoms with van der Waals surface area (Å²) in [6.45, 7) is 1.97. The van der Waals surface area contributed by atoms with Crippen molar-refractivity contribution in [2.45, 2.75) is 25.2 Å². The minimum Gasteiger partial charge on any atom is -0.388 e. The Hall–Kier alpha value is -0.540. The highest BCUT2D eigenvalue weighted by Crippen LogP contribution is 2.33. The monoisotopic (exact) mass is 212 g/mol. The van der Waals surface area contributed by atoms with Crippen LogP contribution in [0.3, 0.4) is 0 Å². The molecule has 14 heavy (non-hydrogen) atoms. The van der Waals surface area contributed by atoms with E-state index in [0.717, 1.165) is 22.6 Å². The minimum absolute atomic E-state index is 0.263. The molecule has 1 atom stereocenters. The molecule has 0 bridgehead atoms. The summed E-state index contributed by atoms with van der Waals surface area (Å²) < 4.78 is 13.5. The van der Waals surface area contributed by atoms with Gasteiger partial charge in [0.2, 0.25) is 0 Å². The Morgan fingerprint density at radius 2 is 2.29 bits per heavy atom. The van der Waals surface area contributed by atoms with E-state index in [2.05, 4.69) is 0 Å². The van der Waals surface area contributed by atoms with Crippen molar-refractivity contribution in [1.29, 1.82) is 0 Å². The van der Waals surface area contributed by atoms with Crippen LogP contribution in [-0.2, 0) is 5.75 Å². The summed E-state index contributed by atoms with van der Waals surface area (Å²) >= 11 is 1.76. The van der Waals surface area contributed by atoms with E-state index in [4.69, 9.17) is 0 Å². The zero-order chi connectivity index (χ0) is 10.1. The van der Waals surface area contributed by atoms with Crippen molar-refractivity contribution in [2.75, 3.05) is 5.75 Å². The van der Waals surface area contributed by atoms with Gasteiger partial charge in [-0.3, -0.25) is 0 Å². The second kappa shape index (κ2) is 3.91. The van der Waals surface area contributed by atoms with Crippen molar-refractivity contribution in [3.8, 4) is 0 Å². The van der Waals surface area contributed by atoms with Crippen LogP contribution in [0.15, 0.2) is 12.1 Å². The Morgan fingerprint density at radius 3 is 3.07 bits per heavy atom. The zero-order valence-corrected chi connectivity index (χ0v) is 8.90. The molecule has 2 rings (SSSR count). The van der Waals surface area contributed by atoms with Gasteiger partial charge in [0.25, 0.3) is 0 Å². The molecule has 0 saturated heterocycles. The molecule has 1 aliphatic heterocycles. The van der Waals surface area contributed by atoms with E-state index in [1.165, 1.54) is 6.07 Å². The van der Waals surface area contributed by atoms with Crippen LogP contribution < -0.4 is 0 Å². The summed E-state index contributed by atoms with van der Waals surface area (Å²) in [6.07, 6.45) is 0.0257. The molecule has 1 heterocycles. The third-order valence-corrected chi connectivity index (χ3v) is 3.67. The lowest BCUT2D eigenvalue weighted by molar-refractivity contribution is 0.170. The molecular formula is C11H13FOS. The van der Waals surface area contributed by atoms with E-state index in [-0.39, 0.29) is 5.82 Å². The molecule has 1 N–H and O–H groups in total. The van der Waals surface area contributed by atoms with E-state index in [9.17, 15) is 9.50 Å². The molecule has 3 heteroatoms. The first-order valence-corrected chi connectivity index (χ1v) is 5.89. The van der Waals surface area contributed by atoms with Crippen molar-refractivity contribution in [3.63, 3.8) is 0 Å². The van der Waals surface area contributed by atoms with Crippen LogP contribution >= 0.6 is 11.8 Å². The molecule has 1 unspecified atom stereocenters. The SMILES string of the molecule is Cc1ccc(F)c2c1CSCCC2O. The summed E-state index contributed by atoms with van der Waals surface area (Å²) in [5.41, 5.74) is 2.59. The van der Waals surface area contributed by atoms with Crippen LogP contribution in [-0.4, -0.2) is 10.9 Å². The van der Waals surface area contributed by atoms with Gasteiger partial charge in [-0.2, -0.15) is 11.8 Å². The number of fused-ring (bicyclic) bond motifs is 1. The summed E-state index contributed by atoms with van der Waals surface area (Å²) in [4.78, 5) is 0. The maximum atomic E-state index is 13.5. The topological polar surface area (TPSA) is 20.2 Å². The Balaban J connectivity index is 2.57. The number of aryl methyl sites for hydroxylation is 1. The van der Waals surface area contributed by atoms with Crippen LogP contribution in [0.4, 0.5) is 4.39 Å². The first kappa shape index (κ1) is 9.99. The highest BCUT2D eigenvalue weighted by molar-refractivity contribution is 7.98. The smallest absolute Gasteiger partial charge is 0.129 e. The molecule has 76 valence electrons. The second-order valence-corrected chi connectivity index (χ2v) is 4.72. The first-order chi connectivity index (χ1) is 6.70. The van der Waals surface area contributed by atoms with Crippen LogP contribution in [0.25, 0.3) is 0 Å². The molecule has 0 fully saturated rings. The maximum Gasteiger partial charge on any atom is 0.129 e. The van der Waals surface area contributed by atoms with Gasteiger partial charge in [-0.05, 0) is 36.3 Å². The third-order valence-electron chi connectivity index (χ3n) is 2.65. The molecular weight excluding hydrogens is 199 g/mol. The minimum atomic E-state index is -0.625. The van der Waals surface area contributed by atoms with Gasteiger partial charge < -0.3 is 5.11 Å². The van der Waals surface area contributed by atoms with Crippen LogP contribution in [0, 0.1) is 12.7 Å². The van der Waals surface area contributed by atoms with Gasteiger partial charge in [0.1, 0.15) is 5.82 Å². The van der Waals surface area contributed by atoms with Crippen LogP contribution in [0.2, 0.25) is 0 Å². The fourth-order valence-electron chi connectivity index (χ4n) is 1.81. The summed E-state index contributed by atoms with van der Waals surface area (Å²) in [6, 6.07) is 3.24. The highest BCUT2D eigenvalue weighted by atomic mass is 32.2.